The van der Waals surface area contributed by atoms with E-state index in [1.165, 1.54) is 4.31 Å². The number of carbonyl (C=O) groups excluding carboxylic acids is 1. The summed E-state index contributed by atoms with van der Waals surface area (Å²) in [5.41, 5.74) is 3.10. The maximum absolute atomic E-state index is 13.1. The molecule has 3 atom stereocenters. The highest BCUT2D eigenvalue weighted by molar-refractivity contribution is 7.90. The summed E-state index contributed by atoms with van der Waals surface area (Å²) in [6.45, 7) is 4.42. The fourth-order valence-corrected chi connectivity index (χ4v) is 9.05. The van der Waals surface area contributed by atoms with Crippen LogP contribution in [-0.4, -0.2) is 30.4 Å². The maximum atomic E-state index is 13.1. The summed E-state index contributed by atoms with van der Waals surface area (Å²) in [5, 5.41) is 0. The Bertz CT molecular complexity index is 1080. The van der Waals surface area contributed by atoms with Crippen molar-refractivity contribution in [3.63, 3.8) is 0 Å². The van der Waals surface area contributed by atoms with Crippen molar-refractivity contribution in [3.05, 3.63) is 60.2 Å². The van der Waals surface area contributed by atoms with Gasteiger partial charge in [-0.25, -0.2) is 12.7 Å². The third-order valence-electron chi connectivity index (χ3n) is 8.35. The van der Waals surface area contributed by atoms with Gasteiger partial charge in [-0.2, -0.15) is 0 Å². The fraction of sp³-hybridized carbons (Fsp3) is 0.480. The third-order valence-corrected chi connectivity index (χ3v) is 10.3. The lowest BCUT2D eigenvalue weighted by Crippen LogP contribution is -2.44. The second-order valence-corrected chi connectivity index (χ2v) is 11.7. The topological polar surface area (TPSA) is 54.5 Å². The van der Waals surface area contributed by atoms with Gasteiger partial charge in [-0.05, 0) is 53.7 Å². The van der Waals surface area contributed by atoms with Crippen LogP contribution in [0.4, 0.5) is 0 Å². The van der Waals surface area contributed by atoms with Crippen LogP contribution in [0.3, 0.4) is 0 Å². The predicted molar refractivity (Wildman–Crippen MR) is 118 cm³/mol. The van der Waals surface area contributed by atoms with Crippen molar-refractivity contribution in [1.29, 1.82) is 0 Å². The molecule has 5 heteroatoms. The molecule has 1 spiro atoms. The van der Waals surface area contributed by atoms with Crippen LogP contribution in [0.1, 0.15) is 45.1 Å². The van der Waals surface area contributed by atoms with E-state index in [2.05, 4.69) is 38.1 Å². The first-order valence-electron chi connectivity index (χ1n) is 10.9. The van der Waals surface area contributed by atoms with Gasteiger partial charge in [-0.1, -0.05) is 68.4 Å². The molecule has 4 nitrogen and oxygen atoms in total. The van der Waals surface area contributed by atoms with Gasteiger partial charge < -0.3 is 0 Å². The molecule has 1 heterocycles. The minimum atomic E-state index is -3.52. The van der Waals surface area contributed by atoms with Gasteiger partial charge in [0.25, 0.3) is 0 Å². The standard InChI is InChI=1S/C25H29NO3S/c1-24(2)21-14-15-25(24)17-30(28,29)26(22(25)16-21)23(27)13-10-18-8-11-20(12-9-18)19-6-4-3-5-7-19/h3-9,11-12,21-22H,10,13-17H2,1-2H3/t21-,22-,25-/m0/s1. The minimum Gasteiger partial charge on any atom is -0.274 e. The number of nitrogens with zero attached hydrogens (tertiary/aromatic N) is 1. The number of fused-ring (bicyclic) bond motifs is 1. The SMILES string of the molecule is CC1(C)[C@H]2CC[C@@]13CS(=O)(=O)N(C(=O)CCc1ccc(-c4ccccc4)cc1)[C@H]3C2. The minimum absolute atomic E-state index is 0.00691. The van der Waals surface area contributed by atoms with Gasteiger partial charge >= 0.3 is 0 Å². The van der Waals surface area contributed by atoms with Crippen molar-refractivity contribution in [3.8, 4) is 11.1 Å². The molecule has 1 aliphatic heterocycles. The Labute approximate surface area is 179 Å². The van der Waals surface area contributed by atoms with Gasteiger partial charge in [0.2, 0.25) is 15.9 Å². The molecule has 3 fully saturated rings. The third kappa shape index (κ3) is 2.78. The van der Waals surface area contributed by atoms with Crippen molar-refractivity contribution < 1.29 is 13.2 Å². The number of amides is 1. The van der Waals surface area contributed by atoms with Crippen LogP contribution in [0.5, 0.6) is 0 Å². The predicted octanol–water partition coefficient (Wildman–Crippen LogP) is 4.65. The van der Waals surface area contributed by atoms with E-state index < -0.39 is 10.0 Å². The zero-order valence-electron chi connectivity index (χ0n) is 17.7. The molecule has 3 aliphatic rings. The molecular formula is C25H29NO3S. The molecule has 0 aromatic heterocycles. The maximum Gasteiger partial charge on any atom is 0.238 e. The van der Waals surface area contributed by atoms with E-state index in [1.54, 1.807) is 0 Å². The van der Waals surface area contributed by atoms with E-state index in [-0.39, 0.29) is 35.0 Å². The summed E-state index contributed by atoms with van der Waals surface area (Å²) < 4.78 is 27.3. The number of rotatable bonds is 4. The van der Waals surface area contributed by atoms with E-state index in [4.69, 9.17) is 0 Å². The van der Waals surface area contributed by atoms with E-state index in [0.29, 0.717) is 12.3 Å². The van der Waals surface area contributed by atoms with Crippen LogP contribution < -0.4 is 0 Å². The van der Waals surface area contributed by atoms with Crippen LogP contribution >= 0.6 is 0 Å². The smallest absolute Gasteiger partial charge is 0.238 e. The van der Waals surface area contributed by atoms with Crippen LogP contribution in [0.15, 0.2) is 54.6 Å². The summed E-state index contributed by atoms with van der Waals surface area (Å²) in [5.74, 6) is 0.442. The van der Waals surface area contributed by atoms with Gasteiger partial charge in [0.05, 0.1) is 11.8 Å². The van der Waals surface area contributed by atoms with Gasteiger partial charge in [-0.3, -0.25) is 4.79 Å². The fourth-order valence-electron chi connectivity index (χ4n) is 6.47. The molecule has 0 radical (unpaired) electrons. The molecule has 2 saturated carbocycles. The van der Waals surface area contributed by atoms with Gasteiger partial charge in [0, 0.05) is 11.8 Å². The van der Waals surface area contributed by atoms with Gasteiger partial charge in [0.15, 0.2) is 0 Å². The molecule has 2 aliphatic carbocycles. The second-order valence-electron chi connectivity index (χ2n) is 9.87. The summed E-state index contributed by atoms with van der Waals surface area (Å²) in [6, 6.07) is 18.2. The van der Waals surface area contributed by atoms with E-state index in [1.807, 2.05) is 30.3 Å². The first-order valence-corrected chi connectivity index (χ1v) is 12.5. The van der Waals surface area contributed by atoms with Gasteiger partial charge in [0.1, 0.15) is 0 Å². The zero-order valence-corrected chi connectivity index (χ0v) is 18.5. The Hall–Kier alpha value is -2.14. The molecule has 0 unspecified atom stereocenters. The highest BCUT2D eigenvalue weighted by Crippen LogP contribution is 2.70. The first kappa shape index (κ1) is 19.8. The second kappa shape index (κ2) is 6.68. The first-order chi connectivity index (χ1) is 14.2. The number of carbonyl (C=O) groups is 1. The Balaban J connectivity index is 1.30. The largest absolute Gasteiger partial charge is 0.274 e. The lowest BCUT2D eigenvalue weighted by atomic mass is 9.69. The Kier molecular flexibility index (Phi) is 4.41. The summed E-state index contributed by atoms with van der Waals surface area (Å²) in [4.78, 5) is 13.1. The Morgan fingerprint density at radius 3 is 2.37 bits per heavy atom. The molecule has 5 rings (SSSR count). The quantitative estimate of drug-likeness (QED) is 0.719. The number of sulfonamides is 1. The van der Waals surface area contributed by atoms with Crippen molar-refractivity contribution in [2.75, 3.05) is 5.75 Å². The monoisotopic (exact) mass is 423 g/mol. The lowest BCUT2D eigenvalue weighted by Gasteiger charge is -2.37. The highest BCUT2D eigenvalue weighted by atomic mass is 32.2. The molecule has 2 aromatic carbocycles. The van der Waals surface area contributed by atoms with Crippen molar-refractivity contribution in [1.82, 2.24) is 4.31 Å². The number of hydrogen-bond donors (Lipinski definition) is 0. The number of hydrogen-bond acceptors (Lipinski definition) is 3. The lowest BCUT2D eigenvalue weighted by molar-refractivity contribution is -0.129. The normalized spacial score (nSPS) is 30.4. The molecule has 2 aromatic rings. The van der Waals surface area contributed by atoms with E-state index in [0.717, 1.165) is 36.0 Å². The average molecular weight is 424 g/mol. The summed E-state index contributed by atoms with van der Waals surface area (Å²) in [6.07, 6.45) is 3.66. The van der Waals surface area contributed by atoms with Crippen LogP contribution in [0.25, 0.3) is 11.1 Å². The summed E-state index contributed by atoms with van der Waals surface area (Å²) >= 11 is 0. The van der Waals surface area contributed by atoms with Crippen LogP contribution in [-0.2, 0) is 21.2 Å². The molecular weight excluding hydrogens is 394 g/mol. The molecule has 158 valence electrons. The Morgan fingerprint density at radius 2 is 1.70 bits per heavy atom. The van der Waals surface area contributed by atoms with E-state index in [9.17, 15) is 13.2 Å². The van der Waals surface area contributed by atoms with Gasteiger partial charge in [-0.15, -0.1) is 0 Å². The Morgan fingerprint density at radius 1 is 1.03 bits per heavy atom. The molecule has 2 bridgehead atoms. The van der Waals surface area contributed by atoms with Crippen LogP contribution in [0.2, 0.25) is 0 Å². The van der Waals surface area contributed by atoms with Crippen LogP contribution in [0, 0.1) is 16.7 Å². The molecule has 0 N–H and O–H groups in total. The highest BCUT2D eigenvalue weighted by Gasteiger charge is 2.72. The molecule has 30 heavy (non-hydrogen) atoms. The summed E-state index contributed by atoms with van der Waals surface area (Å²) in [7, 11) is -3.52. The number of aryl methyl sites for hydroxylation is 1. The number of benzene rings is 2. The van der Waals surface area contributed by atoms with Crippen molar-refractivity contribution in [2.24, 2.45) is 16.7 Å². The average Bonchev–Trinajstić information content (AvgIpc) is 3.21. The van der Waals surface area contributed by atoms with Crippen molar-refractivity contribution in [2.45, 2.75) is 52.0 Å². The van der Waals surface area contributed by atoms with E-state index >= 15 is 0 Å². The zero-order chi connectivity index (χ0) is 21.1. The molecule has 1 saturated heterocycles. The molecule has 1 amide bonds. The van der Waals surface area contributed by atoms with Crippen molar-refractivity contribution >= 4 is 15.9 Å².